The standard InChI is InChI=1S/C9H19ClN2O2S/c1-8-4-3-5-12(7-8)15(13,14)11-9(2)6-10/h8-9,11H,3-7H2,1-2H3. The van der Waals surface area contributed by atoms with Gasteiger partial charge in [-0.15, -0.1) is 11.6 Å². The van der Waals surface area contributed by atoms with Crippen LogP contribution in [0.2, 0.25) is 0 Å². The first-order chi connectivity index (χ1) is 6.95. The van der Waals surface area contributed by atoms with Gasteiger partial charge >= 0.3 is 0 Å². The molecule has 0 aromatic rings. The Morgan fingerprint density at radius 3 is 2.80 bits per heavy atom. The SMILES string of the molecule is CC1CCCN(S(=O)(=O)NC(C)CCl)C1. The van der Waals surface area contributed by atoms with Crippen LogP contribution in [-0.2, 0) is 10.2 Å². The van der Waals surface area contributed by atoms with Gasteiger partial charge in [0, 0.05) is 25.0 Å². The molecule has 0 aliphatic carbocycles. The van der Waals surface area contributed by atoms with E-state index in [1.807, 2.05) is 0 Å². The highest BCUT2D eigenvalue weighted by molar-refractivity contribution is 7.87. The monoisotopic (exact) mass is 254 g/mol. The van der Waals surface area contributed by atoms with E-state index in [0.717, 1.165) is 12.8 Å². The topological polar surface area (TPSA) is 49.4 Å². The first-order valence-corrected chi connectivity index (χ1v) is 7.26. The Kier molecular flexibility index (Phi) is 4.83. The van der Waals surface area contributed by atoms with Gasteiger partial charge in [0.2, 0.25) is 0 Å². The normalized spacial score (nSPS) is 26.5. The van der Waals surface area contributed by atoms with E-state index in [-0.39, 0.29) is 6.04 Å². The quantitative estimate of drug-likeness (QED) is 0.766. The number of rotatable bonds is 4. The number of hydrogen-bond acceptors (Lipinski definition) is 2. The summed E-state index contributed by atoms with van der Waals surface area (Å²) in [6.45, 7) is 5.07. The van der Waals surface area contributed by atoms with E-state index in [1.165, 1.54) is 4.31 Å². The second kappa shape index (κ2) is 5.48. The zero-order chi connectivity index (χ0) is 11.5. The van der Waals surface area contributed by atoms with E-state index in [1.54, 1.807) is 6.92 Å². The average molecular weight is 255 g/mol. The maximum Gasteiger partial charge on any atom is 0.279 e. The highest BCUT2D eigenvalue weighted by atomic mass is 35.5. The van der Waals surface area contributed by atoms with Crippen molar-refractivity contribution in [3.8, 4) is 0 Å². The first-order valence-electron chi connectivity index (χ1n) is 5.29. The van der Waals surface area contributed by atoms with Crippen molar-refractivity contribution < 1.29 is 8.42 Å². The lowest BCUT2D eigenvalue weighted by molar-refractivity contribution is 0.277. The van der Waals surface area contributed by atoms with Crippen molar-refractivity contribution >= 4 is 21.8 Å². The number of nitrogens with one attached hydrogen (secondary N) is 1. The van der Waals surface area contributed by atoms with E-state index in [9.17, 15) is 8.42 Å². The van der Waals surface area contributed by atoms with Gasteiger partial charge in [-0.2, -0.15) is 17.4 Å². The van der Waals surface area contributed by atoms with Gasteiger partial charge in [0.15, 0.2) is 0 Å². The molecule has 1 aliphatic rings. The fraction of sp³-hybridized carbons (Fsp3) is 1.00. The third-order valence-corrected chi connectivity index (χ3v) is 4.72. The number of piperidine rings is 1. The second-order valence-corrected chi connectivity index (χ2v) is 6.29. The maximum absolute atomic E-state index is 11.9. The van der Waals surface area contributed by atoms with Crippen molar-refractivity contribution in [3.63, 3.8) is 0 Å². The lowest BCUT2D eigenvalue weighted by atomic mass is 10.0. The number of halogens is 1. The lowest BCUT2D eigenvalue weighted by Crippen LogP contribution is -2.48. The molecule has 1 aliphatic heterocycles. The molecule has 0 amide bonds. The highest BCUT2D eigenvalue weighted by Crippen LogP contribution is 2.17. The molecular formula is C9H19ClN2O2S. The summed E-state index contributed by atoms with van der Waals surface area (Å²) in [5, 5.41) is 0. The van der Waals surface area contributed by atoms with Crippen molar-refractivity contribution in [1.29, 1.82) is 0 Å². The zero-order valence-corrected chi connectivity index (χ0v) is 10.8. The summed E-state index contributed by atoms with van der Waals surface area (Å²) in [7, 11) is -3.33. The Balaban J connectivity index is 2.60. The number of hydrogen-bond donors (Lipinski definition) is 1. The maximum atomic E-state index is 11.9. The summed E-state index contributed by atoms with van der Waals surface area (Å²) in [5.74, 6) is 0.740. The molecule has 0 aromatic heterocycles. The molecule has 0 spiro atoms. The van der Waals surface area contributed by atoms with E-state index in [0.29, 0.717) is 24.9 Å². The minimum Gasteiger partial charge on any atom is -0.198 e. The molecule has 1 fully saturated rings. The summed E-state index contributed by atoms with van der Waals surface area (Å²) in [6.07, 6.45) is 2.05. The molecule has 0 bridgehead atoms. The smallest absolute Gasteiger partial charge is 0.198 e. The largest absolute Gasteiger partial charge is 0.279 e. The van der Waals surface area contributed by atoms with E-state index in [4.69, 9.17) is 11.6 Å². The van der Waals surface area contributed by atoms with Gasteiger partial charge < -0.3 is 0 Å². The van der Waals surface area contributed by atoms with Crippen LogP contribution in [0.15, 0.2) is 0 Å². The van der Waals surface area contributed by atoms with Crippen molar-refractivity contribution in [3.05, 3.63) is 0 Å². The van der Waals surface area contributed by atoms with Gasteiger partial charge in [0.05, 0.1) is 0 Å². The van der Waals surface area contributed by atoms with Crippen molar-refractivity contribution in [1.82, 2.24) is 9.03 Å². The molecule has 2 atom stereocenters. The fourth-order valence-corrected chi connectivity index (χ4v) is 3.45. The van der Waals surface area contributed by atoms with Crippen LogP contribution in [0.4, 0.5) is 0 Å². The molecule has 1 saturated heterocycles. The Morgan fingerprint density at radius 2 is 2.27 bits per heavy atom. The van der Waals surface area contributed by atoms with E-state index < -0.39 is 10.2 Å². The molecule has 6 heteroatoms. The van der Waals surface area contributed by atoms with Crippen LogP contribution in [0.1, 0.15) is 26.7 Å². The van der Waals surface area contributed by atoms with Gasteiger partial charge in [-0.05, 0) is 25.7 Å². The predicted octanol–water partition coefficient (Wildman–Crippen LogP) is 1.18. The molecule has 2 unspecified atom stereocenters. The van der Waals surface area contributed by atoms with E-state index >= 15 is 0 Å². The molecule has 0 aromatic carbocycles. The first kappa shape index (κ1) is 13.2. The van der Waals surface area contributed by atoms with Gasteiger partial charge in [-0.1, -0.05) is 6.92 Å². The second-order valence-electron chi connectivity index (χ2n) is 4.28. The lowest BCUT2D eigenvalue weighted by Gasteiger charge is -2.30. The Labute approximate surface area is 97.2 Å². The molecular weight excluding hydrogens is 236 g/mol. The van der Waals surface area contributed by atoms with Crippen LogP contribution in [0.25, 0.3) is 0 Å². The van der Waals surface area contributed by atoms with Gasteiger partial charge in [-0.3, -0.25) is 0 Å². The summed E-state index contributed by atoms with van der Waals surface area (Å²) in [5.41, 5.74) is 0. The van der Waals surface area contributed by atoms with Crippen LogP contribution in [-0.4, -0.2) is 37.7 Å². The molecule has 0 saturated carbocycles. The molecule has 1 rings (SSSR count). The number of alkyl halides is 1. The Hall–Kier alpha value is 0.160. The fourth-order valence-electron chi connectivity index (χ4n) is 1.72. The Morgan fingerprint density at radius 1 is 1.60 bits per heavy atom. The van der Waals surface area contributed by atoms with Gasteiger partial charge in [-0.25, -0.2) is 0 Å². The molecule has 4 nitrogen and oxygen atoms in total. The summed E-state index contributed by atoms with van der Waals surface area (Å²) in [4.78, 5) is 0. The molecule has 1 N–H and O–H groups in total. The average Bonchev–Trinajstić information content (AvgIpc) is 2.17. The minimum absolute atomic E-state index is 0.214. The van der Waals surface area contributed by atoms with Gasteiger partial charge in [0.1, 0.15) is 0 Å². The van der Waals surface area contributed by atoms with Crippen LogP contribution in [0.5, 0.6) is 0 Å². The van der Waals surface area contributed by atoms with Gasteiger partial charge in [0.25, 0.3) is 10.2 Å². The van der Waals surface area contributed by atoms with Crippen molar-refractivity contribution in [2.75, 3.05) is 19.0 Å². The highest BCUT2D eigenvalue weighted by Gasteiger charge is 2.27. The van der Waals surface area contributed by atoms with E-state index in [2.05, 4.69) is 11.6 Å². The summed E-state index contributed by atoms with van der Waals surface area (Å²) in [6, 6.07) is -0.214. The van der Waals surface area contributed by atoms with Crippen molar-refractivity contribution in [2.45, 2.75) is 32.7 Å². The third-order valence-electron chi connectivity index (χ3n) is 2.54. The van der Waals surface area contributed by atoms with Crippen LogP contribution in [0.3, 0.4) is 0 Å². The minimum atomic E-state index is -3.33. The summed E-state index contributed by atoms with van der Waals surface area (Å²) < 4.78 is 27.8. The van der Waals surface area contributed by atoms with Crippen LogP contribution < -0.4 is 4.72 Å². The zero-order valence-electron chi connectivity index (χ0n) is 9.24. The third kappa shape index (κ3) is 3.90. The number of nitrogens with zero attached hydrogens (tertiary/aromatic N) is 1. The Bertz CT molecular complexity index is 294. The molecule has 1 heterocycles. The predicted molar refractivity (Wildman–Crippen MR) is 62.2 cm³/mol. The molecule has 0 radical (unpaired) electrons. The molecule has 15 heavy (non-hydrogen) atoms. The van der Waals surface area contributed by atoms with Crippen LogP contribution in [0, 0.1) is 5.92 Å². The van der Waals surface area contributed by atoms with Crippen LogP contribution >= 0.6 is 11.6 Å². The van der Waals surface area contributed by atoms with Crippen molar-refractivity contribution in [2.24, 2.45) is 5.92 Å². The summed E-state index contributed by atoms with van der Waals surface area (Å²) >= 11 is 5.58. The molecule has 90 valence electrons.